The summed E-state index contributed by atoms with van der Waals surface area (Å²) in [6.45, 7) is 2.22. The Labute approximate surface area is 270 Å². The van der Waals surface area contributed by atoms with Crippen molar-refractivity contribution < 1.29 is 19.0 Å². The molecule has 0 N–H and O–H groups in total. The Morgan fingerprint density at radius 3 is 2.20 bits per heavy atom. The molecule has 4 aromatic carbocycles. The third kappa shape index (κ3) is 6.77. The Bertz CT molecular complexity index is 2080. The Morgan fingerprint density at radius 2 is 1.52 bits per heavy atom. The number of ether oxygens (including phenoxy) is 3. The van der Waals surface area contributed by atoms with E-state index in [2.05, 4.69) is 0 Å². The van der Waals surface area contributed by atoms with Crippen molar-refractivity contribution in [1.82, 2.24) is 4.57 Å². The topological polar surface area (TPSA) is 79.1 Å². The zero-order valence-corrected chi connectivity index (χ0v) is 26.3. The monoisotopic (exact) mass is 628 g/mol. The van der Waals surface area contributed by atoms with Crippen LogP contribution in [0.2, 0.25) is 0 Å². The van der Waals surface area contributed by atoms with Crippen LogP contribution in [0, 0.1) is 0 Å². The minimum Gasteiger partial charge on any atom is -0.493 e. The van der Waals surface area contributed by atoms with Crippen LogP contribution in [0.15, 0.2) is 136 Å². The van der Waals surface area contributed by atoms with Gasteiger partial charge >= 0.3 is 5.97 Å². The molecule has 0 saturated heterocycles. The van der Waals surface area contributed by atoms with E-state index < -0.39 is 12.0 Å². The van der Waals surface area contributed by atoms with Crippen molar-refractivity contribution in [3.05, 3.63) is 168 Å². The number of esters is 1. The fraction of sp³-hybridized carbons (Fsp3) is 0.132. The number of hydrogen-bond acceptors (Lipinski definition) is 7. The summed E-state index contributed by atoms with van der Waals surface area (Å²) in [6, 6.07) is 33.8. The number of thiazole rings is 1. The molecule has 1 unspecified atom stereocenters. The van der Waals surface area contributed by atoms with Crippen LogP contribution in [0.1, 0.15) is 35.2 Å². The summed E-state index contributed by atoms with van der Waals surface area (Å²) in [7, 11) is 1.56. The van der Waals surface area contributed by atoms with Gasteiger partial charge in [0.1, 0.15) is 13.2 Å². The van der Waals surface area contributed by atoms with Gasteiger partial charge in [-0.1, -0.05) is 121 Å². The molecule has 7 nitrogen and oxygen atoms in total. The normalized spacial score (nSPS) is 14.6. The molecule has 0 fully saturated rings. The largest absolute Gasteiger partial charge is 0.493 e. The average Bonchev–Trinajstić information content (AvgIpc) is 3.40. The zero-order valence-electron chi connectivity index (χ0n) is 25.5. The summed E-state index contributed by atoms with van der Waals surface area (Å²) in [6.07, 6.45) is 5.56. The van der Waals surface area contributed by atoms with Gasteiger partial charge in [-0.05, 0) is 47.4 Å². The molecule has 230 valence electrons. The third-order valence-electron chi connectivity index (χ3n) is 7.53. The summed E-state index contributed by atoms with van der Waals surface area (Å²) in [5.74, 6) is 0.479. The van der Waals surface area contributed by atoms with Gasteiger partial charge in [-0.15, -0.1) is 0 Å². The van der Waals surface area contributed by atoms with Crippen molar-refractivity contribution in [1.29, 1.82) is 0 Å². The molecule has 1 aromatic heterocycles. The molecule has 6 rings (SSSR count). The molecule has 0 spiro atoms. The van der Waals surface area contributed by atoms with Crippen LogP contribution in [0.25, 0.3) is 12.2 Å². The standard InChI is InChI=1S/C38H32N2O5S/c1-26-34(37(42)45-25-29-17-10-5-11-18-29)35(30-21-22-31(32(23-30)43-2)44-24-28-15-8-4-9-16-28)40-36(41)33(46-38(40)39-26)20-12-19-27-13-6-3-7-14-27/h3-23,35H,24-25H2,1-2H3. The minimum atomic E-state index is -0.795. The molecule has 8 heteroatoms. The number of carbonyl (C=O) groups is 1. The molecule has 0 radical (unpaired) electrons. The predicted molar refractivity (Wildman–Crippen MR) is 180 cm³/mol. The van der Waals surface area contributed by atoms with E-state index in [1.807, 2.05) is 109 Å². The second-order valence-electron chi connectivity index (χ2n) is 10.6. The van der Waals surface area contributed by atoms with Crippen molar-refractivity contribution in [2.75, 3.05) is 7.11 Å². The number of hydrogen-bond donors (Lipinski definition) is 0. The Morgan fingerprint density at radius 1 is 0.870 bits per heavy atom. The summed E-state index contributed by atoms with van der Waals surface area (Å²) >= 11 is 1.28. The number of benzene rings is 4. The Balaban J connectivity index is 1.39. The Kier molecular flexibility index (Phi) is 9.36. The van der Waals surface area contributed by atoms with Gasteiger partial charge in [-0.2, -0.15) is 0 Å². The van der Waals surface area contributed by atoms with Gasteiger partial charge in [-0.3, -0.25) is 9.36 Å². The molecule has 1 aliphatic heterocycles. The second-order valence-corrected chi connectivity index (χ2v) is 11.6. The van der Waals surface area contributed by atoms with Crippen LogP contribution < -0.4 is 24.4 Å². The number of methoxy groups -OCH3 is 1. The molecule has 5 aromatic rings. The smallest absolute Gasteiger partial charge is 0.338 e. The molecular weight excluding hydrogens is 596 g/mol. The lowest BCUT2D eigenvalue weighted by Crippen LogP contribution is -2.39. The van der Waals surface area contributed by atoms with Gasteiger partial charge in [0.05, 0.1) is 29.0 Å². The summed E-state index contributed by atoms with van der Waals surface area (Å²) in [5, 5.41) is 0. The van der Waals surface area contributed by atoms with Crippen molar-refractivity contribution in [2.24, 2.45) is 4.99 Å². The molecule has 0 aliphatic carbocycles. The van der Waals surface area contributed by atoms with E-state index in [1.165, 1.54) is 11.3 Å². The molecular formula is C38H32N2O5S. The molecule has 0 saturated carbocycles. The maximum atomic E-state index is 14.0. The predicted octanol–water partition coefficient (Wildman–Crippen LogP) is 6.23. The van der Waals surface area contributed by atoms with Crippen molar-refractivity contribution in [2.45, 2.75) is 26.2 Å². The fourth-order valence-corrected chi connectivity index (χ4v) is 6.23. The minimum absolute atomic E-state index is 0.0907. The first kappa shape index (κ1) is 30.6. The van der Waals surface area contributed by atoms with E-state index in [0.717, 1.165) is 16.7 Å². The number of aromatic nitrogens is 1. The van der Waals surface area contributed by atoms with E-state index in [0.29, 0.717) is 38.7 Å². The average molecular weight is 629 g/mol. The highest BCUT2D eigenvalue weighted by Crippen LogP contribution is 2.36. The van der Waals surface area contributed by atoms with Crippen LogP contribution in [0.4, 0.5) is 0 Å². The van der Waals surface area contributed by atoms with Crippen LogP contribution in [-0.4, -0.2) is 17.6 Å². The van der Waals surface area contributed by atoms with E-state index >= 15 is 0 Å². The van der Waals surface area contributed by atoms with Crippen LogP contribution in [-0.2, 0) is 22.7 Å². The first-order valence-corrected chi connectivity index (χ1v) is 15.6. The van der Waals surface area contributed by atoms with Gasteiger partial charge < -0.3 is 14.2 Å². The van der Waals surface area contributed by atoms with Crippen molar-refractivity contribution >= 4 is 29.5 Å². The molecule has 46 heavy (non-hydrogen) atoms. The number of rotatable bonds is 10. The lowest BCUT2D eigenvalue weighted by molar-refractivity contribution is -0.140. The highest BCUT2D eigenvalue weighted by molar-refractivity contribution is 7.07. The zero-order chi connectivity index (χ0) is 31.9. The molecule has 1 atom stereocenters. The number of fused-ring (bicyclic) bond motifs is 1. The van der Waals surface area contributed by atoms with E-state index in [9.17, 15) is 9.59 Å². The third-order valence-corrected chi connectivity index (χ3v) is 8.53. The first-order valence-electron chi connectivity index (χ1n) is 14.8. The molecule has 2 heterocycles. The SMILES string of the molecule is COc1cc(C2C(C(=O)OCc3ccccc3)=C(C)N=c3sc(=CC=Cc4ccccc4)c(=O)n32)ccc1OCc1ccccc1. The number of allylic oxidation sites excluding steroid dienone is 2. The molecule has 0 bridgehead atoms. The fourth-order valence-electron chi connectivity index (χ4n) is 5.23. The van der Waals surface area contributed by atoms with E-state index in [-0.39, 0.29) is 17.7 Å². The summed E-state index contributed by atoms with van der Waals surface area (Å²) in [5.41, 5.74) is 4.08. The van der Waals surface area contributed by atoms with Crippen LogP contribution in [0.3, 0.4) is 0 Å². The quantitative estimate of drug-likeness (QED) is 0.171. The first-order chi connectivity index (χ1) is 22.5. The second kappa shape index (κ2) is 14.1. The number of carbonyl (C=O) groups excluding carboxylic acids is 1. The van der Waals surface area contributed by atoms with Gasteiger partial charge in [0.2, 0.25) is 0 Å². The van der Waals surface area contributed by atoms with Gasteiger partial charge in [0, 0.05) is 0 Å². The highest BCUT2D eigenvalue weighted by Gasteiger charge is 2.34. The molecule has 1 aliphatic rings. The van der Waals surface area contributed by atoms with E-state index in [1.54, 1.807) is 36.8 Å². The lowest BCUT2D eigenvalue weighted by atomic mass is 9.95. The summed E-state index contributed by atoms with van der Waals surface area (Å²) in [4.78, 5) is 33.0. The highest BCUT2D eigenvalue weighted by atomic mass is 32.1. The van der Waals surface area contributed by atoms with Crippen LogP contribution >= 0.6 is 11.3 Å². The van der Waals surface area contributed by atoms with Gasteiger partial charge in [-0.25, -0.2) is 9.79 Å². The van der Waals surface area contributed by atoms with Crippen molar-refractivity contribution in [3.63, 3.8) is 0 Å². The van der Waals surface area contributed by atoms with Crippen molar-refractivity contribution in [3.8, 4) is 11.5 Å². The summed E-state index contributed by atoms with van der Waals surface area (Å²) < 4.78 is 19.7. The molecule has 0 amide bonds. The number of nitrogens with zero attached hydrogens (tertiary/aromatic N) is 2. The van der Waals surface area contributed by atoms with Crippen LogP contribution in [0.5, 0.6) is 11.5 Å². The van der Waals surface area contributed by atoms with E-state index in [4.69, 9.17) is 19.2 Å². The lowest BCUT2D eigenvalue weighted by Gasteiger charge is -2.25. The maximum Gasteiger partial charge on any atom is 0.338 e. The maximum absolute atomic E-state index is 14.0. The van der Waals surface area contributed by atoms with Gasteiger partial charge in [0.15, 0.2) is 16.3 Å². The van der Waals surface area contributed by atoms with Gasteiger partial charge in [0.25, 0.3) is 5.56 Å². The Hall–Kier alpha value is -5.47.